The summed E-state index contributed by atoms with van der Waals surface area (Å²) < 4.78 is 12.4. The van der Waals surface area contributed by atoms with Gasteiger partial charge in [0, 0.05) is 12.1 Å². The fraction of sp³-hybridized carbons (Fsp3) is 0.222. The molecule has 3 heteroatoms. The van der Waals surface area contributed by atoms with Gasteiger partial charge in [0.15, 0.2) is 5.78 Å². The number of hydrogen-bond acceptors (Lipinski definition) is 2. The van der Waals surface area contributed by atoms with E-state index in [-0.39, 0.29) is 17.6 Å². The van der Waals surface area contributed by atoms with E-state index < -0.39 is 0 Å². The summed E-state index contributed by atoms with van der Waals surface area (Å²) in [7, 11) is 0. The average Bonchev–Trinajstić information content (AvgIpc) is 2.72. The molecule has 1 aliphatic carbocycles. The summed E-state index contributed by atoms with van der Waals surface area (Å²) >= 11 is 0. The van der Waals surface area contributed by atoms with Gasteiger partial charge in [-0.05, 0) is 24.3 Å². The predicted octanol–water partition coefficient (Wildman–Crippen LogP) is 1.58. The lowest BCUT2D eigenvalue weighted by atomic mass is 10.3. The van der Waals surface area contributed by atoms with Crippen molar-refractivity contribution in [1.29, 1.82) is 0 Å². The Balaban J connectivity index is 2.04. The lowest BCUT2D eigenvalue weighted by Gasteiger charge is -2.01. The van der Waals surface area contributed by atoms with Crippen LogP contribution in [-0.2, 0) is 4.79 Å². The third-order valence-electron chi connectivity index (χ3n) is 1.82. The summed E-state index contributed by atoms with van der Waals surface area (Å²) in [5, 5.41) is 2.98. The van der Waals surface area contributed by atoms with E-state index in [0.717, 1.165) is 5.69 Å². The predicted molar refractivity (Wildman–Crippen MR) is 43.4 cm³/mol. The summed E-state index contributed by atoms with van der Waals surface area (Å²) in [6.45, 7) is 0. The van der Waals surface area contributed by atoms with Crippen LogP contribution in [0.1, 0.15) is 6.42 Å². The van der Waals surface area contributed by atoms with E-state index in [9.17, 15) is 9.18 Å². The van der Waals surface area contributed by atoms with Crippen LogP contribution in [0.5, 0.6) is 0 Å². The molecule has 0 bridgehead atoms. The van der Waals surface area contributed by atoms with E-state index in [0.29, 0.717) is 6.42 Å². The fourth-order valence-corrected chi connectivity index (χ4v) is 1.02. The first kappa shape index (κ1) is 7.28. The molecular weight excluding hydrogens is 157 g/mol. The zero-order valence-corrected chi connectivity index (χ0v) is 6.38. The Morgan fingerprint density at radius 1 is 1.33 bits per heavy atom. The Bertz CT molecular complexity index is 307. The molecule has 0 amide bonds. The van der Waals surface area contributed by atoms with Gasteiger partial charge in [-0.2, -0.15) is 0 Å². The largest absolute Gasteiger partial charge is 0.375 e. The number of carbonyl (C=O) groups is 1. The maximum Gasteiger partial charge on any atom is 0.157 e. The van der Waals surface area contributed by atoms with Crippen LogP contribution < -0.4 is 5.32 Å². The first-order chi connectivity index (χ1) is 5.75. The minimum Gasteiger partial charge on any atom is -0.375 e. The van der Waals surface area contributed by atoms with Crippen LogP contribution in [-0.4, -0.2) is 11.8 Å². The number of Topliss-reactive ketones (excluding diaryl/α,β-unsaturated/α-hetero) is 1. The Labute approximate surface area is 69.4 Å². The summed E-state index contributed by atoms with van der Waals surface area (Å²) in [5.41, 5.74) is 0.798. The zero-order valence-electron chi connectivity index (χ0n) is 6.38. The van der Waals surface area contributed by atoms with Gasteiger partial charge in [0.05, 0.1) is 6.04 Å². The molecule has 1 aromatic rings. The quantitative estimate of drug-likeness (QED) is 0.720. The lowest BCUT2D eigenvalue weighted by molar-refractivity contribution is -0.110. The molecule has 62 valence electrons. The lowest BCUT2D eigenvalue weighted by Crippen LogP contribution is -2.03. The molecule has 1 unspecified atom stereocenters. The van der Waals surface area contributed by atoms with Crippen molar-refractivity contribution in [2.24, 2.45) is 0 Å². The molecule has 2 nitrogen and oxygen atoms in total. The molecule has 0 heterocycles. The standard InChI is InChI=1S/C9H8FNO/c10-6-1-3-7(4-2-6)11-8-5-9(8)12/h1-4,8,11H,5H2. The summed E-state index contributed by atoms with van der Waals surface area (Å²) in [6, 6.07) is 5.96. The van der Waals surface area contributed by atoms with Crippen molar-refractivity contribution in [2.45, 2.75) is 12.5 Å². The number of rotatable bonds is 2. The molecule has 2 rings (SSSR count). The minimum atomic E-state index is -0.261. The number of halogens is 1. The van der Waals surface area contributed by atoms with Gasteiger partial charge in [-0.3, -0.25) is 4.79 Å². The number of benzene rings is 1. The minimum absolute atomic E-state index is 0.0320. The van der Waals surface area contributed by atoms with Crippen molar-refractivity contribution >= 4 is 11.5 Å². The van der Waals surface area contributed by atoms with Crippen LogP contribution >= 0.6 is 0 Å². The van der Waals surface area contributed by atoms with Gasteiger partial charge >= 0.3 is 0 Å². The van der Waals surface area contributed by atoms with Crippen LogP contribution in [0.2, 0.25) is 0 Å². The average molecular weight is 165 g/mol. The van der Waals surface area contributed by atoms with Crippen LogP contribution in [0.4, 0.5) is 10.1 Å². The van der Waals surface area contributed by atoms with Gasteiger partial charge < -0.3 is 5.32 Å². The van der Waals surface area contributed by atoms with Gasteiger partial charge in [0.25, 0.3) is 0 Å². The van der Waals surface area contributed by atoms with Crippen LogP contribution in [0, 0.1) is 5.82 Å². The van der Waals surface area contributed by atoms with E-state index in [1.165, 1.54) is 12.1 Å². The molecule has 0 radical (unpaired) electrons. The normalized spacial score (nSPS) is 20.8. The van der Waals surface area contributed by atoms with E-state index in [1.807, 2.05) is 0 Å². The zero-order chi connectivity index (χ0) is 8.55. The molecule has 1 atom stereocenters. The van der Waals surface area contributed by atoms with Crippen molar-refractivity contribution in [3.05, 3.63) is 30.1 Å². The summed E-state index contributed by atoms with van der Waals surface area (Å²) in [4.78, 5) is 10.6. The van der Waals surface area contributed by atoms with Gasteiger partial charge in [-0.1, -0.05) is 0 Å². The maximum absolute atomic E-state index is 12.4. The molecule has 0 aliphatic heterocycles. The molecule has 0 aromatic heterocycles. The highest BCUT2D eigenvalue weighted by atomic mass is 19.1. The van der Waals surface area contributed by atoms with Crippen molar-refractivity contribution in [3.63, 3.8) is 0 Å². The van der Waals surface area contributed by atoms with E-state index >= 15 is 0 Å². The second-order valence-corrected chi connectivity index (χ2v) is 2.87. The molecule has 12 heavy (non-hydrogen) atoms. The Hall–Kier alpha value is -1.38. The van der Waals surface area contributed by atoms with Gasteiger partial charge in [-0.25, -0.2) is 4.39 Å². The third kappa shape index (κ3) is 1.44. The highest BCUT2D eigenvalue weighted by molar-refractivity contribution is 6.02. The van der Waals surface area contributed by atoms with Crippen LogP contribution in [0.3, 0.4) is 0 Å². The Kier molecular flexibility index (Phi) is 1.57. The molecule has 1 saturated carbocycles. The third-order valence-corrected chi connectivity index (χ3v) is 1.82. The molecule has 1 fully saturated rings. The van der Waals surface area contributed by atoms with Crippen LogP contribution in [0.25, 0.3) is 0 Å². The first-order valence-electron chi connectivity index (χ1n) is 3.80. The Morgan fingerprint density at radius 2 is 1.92 bits per heavy atom. The van der Waals surface area contributed by atoms with Gasteiger partial charge in [-0.15, -0.1) is 0 Å². The highest BCUT2D eigenvalue weighted by Gasteiger charge is 2.34. The SMILES string of the molecule is O=C1CC1Nc1ccc(F)cc1. The molecular formula is C9H8FNO. The number of anilines is 1. The maximum atomic E-state index is 12.4. The topological polar surface area (TPSA) is 29.1 Å². The van der Waals surface area contributed by atoms with E-state index in [1.54, 1.807) is 12.1 Å². The fourth-order valence-electron chi connectivity index (χ4n) is 1.02. The first-order valence-corrected chi connectivity index (χ1v) is 3.80. The van der Waals surface area contributed by atoms with Gasteiger partial charge in [0.2, 0.25) is 0 Å². The van der Waals surface area contributed by atoms with Crippen molar-refractivity contribution in [3.8, 4) is 0 Å². The van der Waals surface area contributed by atoms with Crippen molar-refractivity contribution in [1.82, 2.24) is 0 Å². The molecule has 0 saturated heterocycles. The second-order valence-electron chi connectivity index (χ2n) is 2.87. The summed E-state index contributed by atoms with van der Waals surface area (Å²) in [5.74, 6) is -0.0398. The molecule has 1 N–H and O–H groups in total. The smallest absolute Gasteiger partial charge is 0.157 e. The van der Waals surface area contributed by atoms with E-state index in [4.69, 9.17) is 0 Å². The number of nitrogens with one attached hydrogen (secondary N) is 1. The van der Waals surface area contributed by atoms with Crippen molar-refractivity contribution in [2.75, 3.05) is 5.32 Å². The Morgan fingerprint density at radius 3 is 2.42 bits per heavy atom. The number of carbonyl (C=O) groups excluding carboxylic acids is 1. The monoisotopic (exact) mass is 165 g/mol. The van der Waals surface area contributed by atoms with Gasteiger partial charge in [0.1, 0.15) is 5.82 Å². The number of ketones is 1. The molecule has 0 spiro atoms. The second kappa shape index (κ2) is 2.59. The highest BCUT2D eigenvalue weighted by Crippen LogP contribution is 2.20. The molecule has 1 aliphatic rings. The van der Waals surface area contributed by atoms with Crippen LogP contribution in [0.15, 0.2) is 24.3 Å². The van der Waals surface area contributed by atoms with E-state index in [2.05, 4.69) is 5.32 Å². The van der Waals surface area contributed by atoms with Crippen molar-refractivity contribution < 1.29 is 9.18 Å². The molecule has 1 aromatic carbocycles. The number of hydrogen-bond donors (Lipinski definition) is 1. The summed E-state index contributed by atoms with van der Waals surface area (Å²) in [6.07, 6.45) is 0.595.